The summed E-state index contributed by atoms with van der Waals surface area (Å²) in [4.78, 5) is 12.0. The molecule has 3 rings (SSSR count). The molecule has 0 radical (unpaired) electrons. The summed E-state index contributed by atoms with van der Waals surface area (Å²) in [6.07, 6.45) is 2.02. The Labute approximate surface area is 137 Å². The second kappa shape index (κ2) is 6.08. The monoisotopic (exact) mass is 362 g/mol. The molecule has 0 bridgehead atoms. The average Bonchev–Trinajstić information content (AvgIpc) is 3.30. The zero-order valence-corrected chi connectivity index (χ0v) is 13.5. The van der Waals surface area contributed by atoms with Crippen LogP contribution in [0.5, 0.6) is 0 Å². The highest BCUT2D eigenvalue weighted by Gasteiger charge is 2.44. The van der Waals surface area contributed by atoms with Crippen LogP contribution < -0.4 is 10.6 Å². The van der Waals surface area contributed by atoms with Crippen molar-refractivity contribution in [3.8, 4) is 0 Å². The van der Waals surface area contributed by atoms with E-state index < -0.39 is 0 Å². The van der Waals surface area contributed by atoms with E-state index in [1.54, 1.807) is 12.1 Å². The predicted molar refractivity (Wildman–Crippen MR) is 88.5 cm³/mol. The zero-order valence-electron chi connectivity index (χ0n) is 11.9. The van der Waals surface area contributed by atoms with Crippen LogP contribution in [-0.4, -0.2) is 12.6 Å². The van der Waals surface area contributed by atoms with Gasteiger partial charge in [-0.2, -0.15) is 0 Å². The SMILES string of the molecule is O=C(NCC1(c2ccc(F)cc2)CC1)Nc1ccc(Br)cc1. The number of carbonyl (C=O) groups excluding carboxylic acids is 1. The molecule has 114 valence electrons. The van der Waals surface area contributed by atoms with E-state index >= 15 is 0 Å². The Morgan fingerprint density at radius 2 is 1.73 bits per heavy atom. The van der Waals surface area contributed by atoms with Gasteiger partial charge in [0.25, 0.3) is 0 Å². The molecule has 1 aliphatic carbocycles. The van der Waals surface area contributed by atoms with Crippen molar-refractivity contribution in [3.05, 3.63) is 64.4 Å². The summed E-state index contributed by atoms with van der Waals surface area (Å²) >= 11 is 3.35. The fourth-order valence-corrected chi connectivity index (χ4v) is 2.74. The van der Waals surface area contributed by atoms with Crippen molar-refractivity contribution in [1.82, 2.24) is 5.32 Å². The van der Waals surface area contributed by atoms with Crippen molar-refractivity contribution >= 4 is 27.6 Å². The molecule has 1 saturated carbocycles. The zero-order chi connectivity index (χ0) is 15.6. The minimum Gasteiger partial charge on any atom is -0.337 e. The van der Waals surface area contributed by atoms with Crippen LogP contribution in [0.4, 0.5) is 14.9 Å². The van der Waals surface area contributed by atoms with Crippen LogP contribution in [0, 0.1) is 5.82 Å². The number of rotatable bonds is 4. The van der Waals surface area contributed by atoms with Gasteiger partial charge in [-0.1, -0.05) is 28.1 Å². The topological polar surface area (TPSA) is 41.1 Å². The molecular formula is C17H16BrFN2O. The maximum atomic E-state index is 13.0. The Morgan fingerprint density at radius 1 is 1.09 bits per heavy atom. The molecule has 5 heteroatoms. The lowest BCUT2D eigenvalue weighted by Gasteiger charge is -2.17. The summed E-state index contributed by atoms with van der Waals surface area (Å²) in [5, 5.41) is 5.71. The smallest absolute Gasteiger partial charge is 0.319 e. The van der Waals surface area contributed by atoms with Crippen LogP contribution in [0.1, 0.15) is 18.4 Å². The number of urea groups is 1. The Morgan fingerprint density at radius 3 is 2.32 bits per heavy atom. The van der Waals surface area contributed by atoms with Crippen molar-refractivity contribution < 1.29 is 9.18 Å². The molecule has 0 spiro atoms. The number of benzene rings is 2. The van der Waals surface area contributed by atoms with Gasteiger partial charge in [0, 0.05) is 22.1 Å². The van der Waals surface area contributed by atoms with E-state index in [-0.39, 0.29) is 17.3 Å². The standard InChI is InChI=1S/C17H16BrFN2O/c18-13-3-7-15(8-4-13)21-16(22)20-11-17(9-10-17)12-1-5-14(19)6-2-12/h1-8H,9-11H2,(H2,20,21,22). The van der Waals surface area contributed by atoms with E-state index in [2.05, 4.69) is 26.6 Å². The fraction of sp³-hybridized carbons (Fsp3) is 0.235. The van der Waals surface area contributed by atoms with Gasteiger partial charge in [-0.3, -0.25) is 0 Å². The highest BCUT2D eigenvalue weighted by Crippen LogP contribution is 2.47. The molecule has 1 fully saturated rings. The van der Waals surface area contributed by atoms with E-state index in [1.165, 1.54) is 12.1 Å². The largest absolute Gasteiger partial charge is 0.337 e. The molecule has 0 saturated heterocycles. The van der Waals surface area contributed by atoms with E-state index in [4.69, 9.17) is 0 Å². The molecule has 2 aromatic carbocycles. The summed E-state index contributed by atoms with van der Waals surface area (Å²) < 4.78 is 14.0. The third-order valence-corrected chi connectivity index (χ3v) is 4.53. The summed E-state index contributed by atoms with van der Waals surface area (Å²) in [5.74, 6) is -0.236. The summed E-state index contributed by atoms with van der Waals surface area (Å²) in [6.45, 7) is 0.557. The van der Waals surface area contributed by atoms with Gasteiger partial charge in [0.1, 0.15) is 5.82 Å². The van der Waals surface area contributed by atoms with Gasteiger partial charge in [-0.15, -0.1) is 0 Å². The van der Waals surface area contributed by atoms with Gasteiger partial charge >= 0.3 is 6.03 Å². The first-order valence-electron chi connectivity index (χ1n) is 7.14. The van der Waals surface area contributed by atoms with Gasteiger partial charge in [0.2, 0.25) is 0 Å². The Balaban J connectivity index is 1.56. The van der Waals surface area contributed by atoms with Crippen LogP contribution in [0.25, 0.3) is 0 Å². The molecule has 22 heavy (non-hydrogen) atoms. The normalized spacial score (nSPS) is 15.2. The molecule has 0 aliphatic heterocycles. The van der Waals surface area contributed by atoms with E-state index in [0.717, 1.165) is 28.6 Å². The third kappa shape index (κ3) is 3.47. The van der Waals surface area contributed by atoms with E-state index in [0.29, 0.717) is 6.54 Å². The van der Waals surface area contributed by atoms with Crippen molar-refractivity contribution in [2.45, 2.75) is 18.3 Å². The molecule has 1 aliphatic rings. The maximum Gasteiger partial charge on any atom is 0.319 e. The minimum atomic E-state index is -0.236. The van der Waals surface area contributed by atoms with Crippen LogP contribution in [0.15, 0.2) is 53.0 Å². The molecule has 3 nitrogen and oxygen atoms in total. The number of hydrogen-bond acceptors (Lipinski definition) is 1. The van der Waals surface area contributed by atoms with E-state index in [9.17, 15) is 9.18 Å². The molecule has 0 atom stereocenters. The molecule has 2 amide bonds. The number of nitrogens with one attached hydrogen (secondary N) is 2. The van der Waals surface area contributed by atoms with Gasteiger partial charge in [-0.05, 0) is 54.8 Å². The lowest BCUT2D eigenvalue weighted by Crippen LogP contribution is -2.35. The second-order valence-electron chi connectivity index (χ2n) is 5.60. The lowest BCUT2D eigenvalue weighted by molar-refractivity contribution is 0.251. The van der Waals surface area contributed by atoms with Crippen molar-refractivity contribution in [2.24, 2.45) is 0 Å². The number of carbonyl (C=O) groups is 1. The number of halogens is 2. The first-order valence-corrected chi connectivity index (χ1v) is 7.93. The molecular weight excluding hydrogens is 347 g/mol. The first-order chi connectivity index (χ1) is 10.6. The Kier molecular flexibility index (Phi) is 4.16. The van der Waals surface area contributed by atoms with Gasteiger partial charge in [0.05, 0.1) is 0 Å². The third-order valence-electron chi connectivity index (χ3n) is 4.00. The number of amides is 2. The van der Waals surface area contributed by atoms with Crippen LogP contribution in [-0.2, 0) is 5.41 Å². The highest BCUT2D eigenvalue weighted by molar-refractivity contribution is 9.10. The average molecular weight is 363 g/mol. The summed E-state index contributed by atoms with van der Waals surface area (Å²) in [6, 6.07) is 13.7. The van der Waals surface area contributed by atoms with Crippen LogP contribution in [0.3, 0.4) is 0 Å². The molecule has 0 aromatic heterocycles. The molecule has 2 aromatic rings. The van der Waals surface area contributed by atoms with Crippen molar-refractivity contribution in [1.29, 1.82) is 0 Å². The first kappa shape index (κ1) is 15.0. The Hall–Kier alpha value is -1.88. The number of anilines is 1. The summed E-state index contributed by atoms with van der Waals surface area (Å²) in [7, 11) is 0. The van der Waals surface area contributed by atoms with Gasteiger partial charge in [-0.25, -0.2) is 9.18 Å². The maximum absolute atomic E-state index is 13.0. The lowest BCUT2D eigenvalue weighted by atomic mass is 9.96. The van der Waals surface area contributed by atoms with Crippen molar-refractivity contribution in [2.75, 3.05) is 11.9 Å². The second-order valence-corrected chi connectivity index (χ2v) is 6.52. The predicted octanol–water partition coefficient (Wildman–Crippen LogP) is 4.44. The van der Waals surface area contributed by atoms with Gasteiger partial charge in [0.15, 0.2) is 0 Å². The summed E-state index contributed by atoms with van der Waals surface area (Å²) in [5.41, 5.74) is 1.79. The fourth-order valence-electron chi connectivity index (χ4n) is 2.48. The molecule has 2 N–H and O–H groups in total. The van der Waals surface area contributed by atoms with E-state index in [1.807, 2.05) is 24.3 Å². The molecule has 0 heterocycles. The van der Waals surface area contributed by atoms with Crippen LogP contribution >= 0.6 is 15.9 Å². The van der Waals surface area contributed by atoms with Gasteiger partial charge < -0.3 is 10.6 Å². The molecule has 0 unspecified atom stereocenters. The quantitative estimate of drug-likeness (QED) is 0.829. The highest BCUT2D eigenvalue weighted by atomic mass is 79.9. The Bertz CT molecular complexity index is 666. The minimum absolute atomic E-state index is 0.0369. The van der Waals surface area contributed by atoms with Crippen LogP contribution in [0.2, 0.25) is 0 Å². The van der Waals surface area contributed by atoms with Crippen molar-refractivity contribution in [3.63, 3.8) is 0 Å². The number of hydrogen-bond donors (Lipinski definition) is 2.